The summed E-state index contributed by atoms with van der Waals surface area (Å²) in [5.41, 5.74) is 1.52. The van der Waals surface area contributed by atoms with Crippen LogP contribution in [0.1, 0.15) is 131 Å². The smallest absolute Gasteiger partial charge is 0.870 e. The Morgan fingerprint density at radius 3 is 1.35 bits per heavy atom. The van der Waals surface area contributed by atoms with Crippen LogP contribution in [0.15, 0.2) is 148 Å². The third-order valence-electron chi connectivity index (χ3n) is 13.2. The number of aromatic nitrogens is 24. The number of amides is 1. The van der Waals surface area contributed by atoms with Gasteiger partial charge in [0.15, 0.2) is 29.1 Å². The van der Waals surface area contributed by atoms with Gasteiger partial charge in [0, 0.05) is 68.2 Å². The molecule has 590 valence electrons. The van der Waals surface area contributed by atoms with Crippen LogP contribution in [0.2, 0.25) is 5.15 Å². The number of rotatable bonds is 18. The van der Waals surface area contributed by atoms with Gasteiger partial charge in [0.2, 0.25) is 0 Å². The minimum absolute atomic E-state index is 0. The number of carbonyl (C=O) groups excluding carboxylic acids is 3. The molecule has 12 rings (SSSR count). The first-order valence-corrected chi connectivity index (χ1v) is 30.6. The van der Waals surface area contributed by atoms with Crippen LogP contribution in [0, 0.1) is 0 Å². The number of nitrogens with one attached hydrogen (secondary N) is 2. The number of H-pyrrole nitrogens is 1. The molecule has 0 fully saturated rings. The molecule has 0 aliphatic heterocycles. The summed E-state index contributed by atoms with van der Waals surface area (Å²) in [5.74, 6) is -3.58. The molecule has 1 amide bonds. The number of hydrogen-bond donors (Lipinski definition) is 4. The summed E-state index contributed by atoms with van der Waals surface area (Å²) < 4.78 is 209. The van der Waals surface area contributed by atoms with Crippen LogP contribution in [0.4, 0.5) is 77.5 Å². The molecule has 6 N–H and O–H groups in total. The van der Waals surface area contributed by atoms with Crippen molar-refractivity contribution in [1.29, 1.82) is 0 Å². The Morgan fingerprint density at radius 2 is 0.982 bits per heavy atom. The number of carbonyl (C=O) groups is 4. The minimum Gasteiger partial charge on any atom is -0.870 e. The van der Waals surface area contributed by atoms with Crippen molar-refractivity contribution >= 4 is 47.1 Å². The van der Waals surface area contributed by atoms with Gasteiger partial charge >= 0.3 is 59.8 Å². The number of aromatic amines is 1. The fourth-order valence-corrected chi connectivity index (χ4v) is 8.28. The van der Waals surface area contributed by atoms with E-state index in [4.69, 9.17) is 28.5 Å². The van der Waals surface area contributed by atoms with E-state index in [1.807, 2.05) is 5.10 Å². The molecule has 0 unspecified atom stereocenters. The van der Waals surface area contributed by atoms with Crippen molar-refractivity contribution in [3.63, 3.8) is 0 Å². The molecular formula is C61H55ClF15N26NaO8. The van der Waals surface area contributed by atoms with E-state index in [0.29, 0.717) is 5.15 Å². The van der Waals surface area contributed by atoms with E-state index in [0.717, 1.165) is 74.5 Å². The molecule has 0 saturated heterocycles. The molecule has 0 aliphatic rings. The van der Waals surface area contributed by atoms with Crippen molar-refractivity contribution in [3.8, 4) is 40.5 Å². The maximum absolute atomic E-state index is 13.5. The van der Waals surface area contributed by atoms with Crippen LogP contribution in [0.3, 0.4) is 0 Å². The second kappa shape index (κ2) is 43.7. The summed E-state index contributed by atoms with van der Waals surface area (Å²) >= 11 is 5.37. The van der Waals surface area contributed by atoms with E-state index in [9.17, 15) is 85.0 Å². The summed E-state index contributed by atoms with van der Waals surface area (Å²) in [5, 5.41) is 42.1. The summed E-state index contributed by atoms with van der Waals surface area (Å²) in [7, 11) is -1.00. The van der Waals surface area contributed by atoms with Gasteiger partial charge in [-0.1, -0.05) is 23.7 Å². The van der Waals surface area contributed by atoms with Crippen LogP contribution < -0.4 is 40.6 Å². The van der Waals surface area contributed by atoms with Crippen molar-refractivity contribution in [1.82, 2.24) is 119 Å². The average molecular weight is 1620 g/mol. The molecule has 2 atom stereocenters. The maximum atomic E-state index is 13.5. The van der Waals surface area contributed by atoms with E-state index < -0.39 is 115 Å². The first-order chi connectivity index (χ1) is 52.7. The molecule has 12 aromatic heterocycles. The molecule has 0 radical (unpaired) electrons. The Bertz CT molecular complexity index is 4910. The number of alkyl halides is 15. The second-order valence-electron chi connectivity index (χ2n) is 20.4. The normalized spacial score (nSPS) is 11.4. The Morgan fingerprint density at radius 1 is 0.580 bits per heavy atom. The number of halogens is 16. The van der Waals surface area contributed by atoms with Crippen molar-refractivity contribution in [2.75, 3.05) is 31.4 Å². The number of hydrogen-bond acceptors (Lipinski definition) is 26. The van der Waals surface area contributed by atoms with Gasteiger partial charge in [0.05, 0.1) is 58.3 Å². The predicted molar refractivity (Wildman–Crippen MR) is 351 cm³/mol. The number of esters is 2. The molecule has 0 bridgehead atoms. The Kier molecular flexibility index (Phi) is 35.2. The van der Waals surface area contributed by atoms with Crippen molar-refractivity contribution in [3.05, 3.63) is 198 Å². The quantitative estimate of drug-likeness (QED) is 0.0354. The number of carboxylic acid groups (broad SMARTS) is 1. The zero-order chi connectivity index (χ0) is 81.7. The first-order valence-electron chi connectivity index (χ1n) is 31.0. The molecule has 0 aromatic carbocycles. The van der Waals surface area contributed by atoms with Gasteiger partial charge in [0.25, 0.3) is 31.6 Å². The summed E-state index contributed by atoms with van der Waals surface area (Å²) in [4.78, 5) is 84.5. The summed E-state index contributed by atoms with van der Waals surface area (Å²) in [6.45, 7) is 5.38. The van der Waals surface area contributed by atoms with Crippen molar-refractivity contribution < 1.29 is 136 Å². The number of nitrogen functional groups attached to an aromatic ring is 1. The van der Waals surface area contributed by atoms with Crippen LogP contribution in [-0.2, 0) is 9.47 Å². The van der Waals surface area contributed by atoms with Crippen LogP contribution >= 0.6 is 11.6 Å². The molecule has 12 aromatic rings. The monoisotopic (exact) mass is 1620 g/mol. The van der Waals surface area contributed by atoms with Crippen LogP contribution in [0.25, 0.3) is 40.5 Å². The SMILES string of the molecule is CCOC(=O)c1cn(-c2cnccn2)nc1C(F)F.CCOC(=O)c1cn[nH]c1C(F)F.C[C@H](n1cnnc1-c1cccc(N)n1)C(F)(F)F.C[C@H](n1cnnc1-c1cccc(NC(=O)c2cn(-c3cnccn3)nc2C(F)F)n1)C(F)(F)F.Clc1cnccn1.O=C(O)c1cn(-c2cnccn2)nc1C(F)F.[2H]CF.[Na+].[OH-]. The van der Waals surface area contributed by atoms with E-state index in [1.165, 1.54) is 92.3 Å². The van der Waals surface area contributed by atoms with Crippen molar-refractivity contribution in [2.24, 2.45) is 0 Å². The third-order valence-corrected chi connectivity index (χ3v) is 13.4. The molecule has 51 heteroatoms. The van der Waals surface area contributed by atoms with Crippen molar-refractivity contribution in [2.45, 2.75) is 77.8 Å². The van der Waals surface area contributed by atoms with Crippen LogP contribution in [0.5, 0.6) is 0 Å². The molecule has 12 heterocycles. The molecular weight excluding hydrogens is 1570 g/mol. The number of pyridine rings is 2. The van der Waals surface area contributed by atoms with Gasteiger partial charge in [-0.3, -0.25) is 34.2 Å². The molecule has 112 heavy (non-hydrogen) atoms. The summed E-state index contributed by atoms with van der Waals surface area (Å²) in [6.07, 6.45) is 2.37. The number of nitrogens with zero attached hydrogens (tertiary/aromatic N) is 23. The van der Waals surface area contributed by atoms with Gasteiger partial charge in [-0.2, -0.15) is 46.7 Å². The number of carboxylic acids is 1. The van der Waals surface area contributed by atoms with E-state index >= 15 is 0 Å². The number of nitrogens with two attached hydrogens (primary N) is 1. The third kappa shape index (κ3) is 25.9. The van der Waals surface area contributed by atoms with E-state index in [1.54, 1.807) is 32.3 Å². The minimum atomic E-state index is -4.56. The number of anilines is 2. The zero-order valence-electron chi connectivity index (χ0n) is 58.7. The van der Waals surface area contributed by atoms with Gasteiger partial charge in [0.1, 0.15) is 92.4 Å². The summed E-state index contributed by atoms with van der Waals surface area (Å²) in [6, 6.07) is 5.11. The van der Waals surface area contributed by atoms with Gasteiger partial charge in [-0.05, 0) is 52.0 Å². The van der Waals surface area contributed by atoms with E-state index in [2.05, 4.69) is 101 Å². The number of ether oxygens (including phenoxy) is 2. The molecule has 34 nitrogen and oxygen atoms in total. The Labute approximate surface area is 647 Å². The Hall–Kier alpha value is -12.4. The zero-order valence-corrected chi connectivity index (χ0v) is 60.5. The average Bonchev–Trinajstić information content (AvgIpc) is 1.70. The second-order valence-corrected chi connectivity index (χ2v) is 20.7. The van der Waals surface area contributed by atoms with Crippen LogP contribution in [-0.4, -0.2) is 186 Å². The van der Waals surface area contributed by atoms with Gasteiger partial charge < -0.3 is 40.2 Å². The van der Waals surface area contributed by atoms with E-state index in [-0.39, 0.29) is 112 Å². The molecule has 0 aliphatic carbocycles. The van der Waals surface area contributed by atoms with Gasteiger partial charge in [-0.25, -0.2) is 93.5 Å². The first kappa shape index (κ1) is 90.2. The number of aromatic carboxylic acids is 1. The standard InChI is InChI=1S/C19H14F5N9O.C11H10F2N4O2.C10H10F3N5.C9H6F2N4O2.C7H8F2N2O2.C4H3ClN2.CH3F.Na.H2O/c1-10(19(22,23)24)32-9-27-30-17(32)12-3-2-4-13(28-12)29-18(34)11-8-33(31-15(11)16(20)21)14-7-25-5-6-26-14;1-2-19-11(18)7-6-17(16-9(7)10(12)13)8-5-14-3-4-15-8;1-6(10(11,12)13)18-5-15-17-9(18)7-3-2-4-8(14)16-7;10-8(11)7-5(9(16)17)4-15(14-7)6-3-12-1-2-13-6;1-2-13-7(12)4-3-10-11-5(4)6(8)9;5-4-3-6-1-2-7-4;1-2;;/h2-10,16H,1H3,(H,28,29,34);3-6,10H,2H2,1H3;2-6H,1H3,(H2,14,16);1-4,8H,(H,16,17);3,6H,2H2,1H3,(H,10,11);1-3H;1H3;;1H2/q;;;;;;;+1;/p-1/t10-;;6-;;;;;;/m0.0....../s1/i;;;;;;1D;;. The predicted octanol–water partition coefficient (Wildman–Crippen LogP) is 8.82. The largest absolute Gasteiger partial charge is 1.00 e. The fourth-order valence-electron chi connectivity index (χ4n) is 8.17. The topological polar surface area (TPSA) is 447 Å². The Balaban J connectivity index is 0.000000298. The molecule has 0 spiro atoms. The maximum Gasteiger partial charge on any atom is 1.00 e. The molecule has 0 saturated carbocycles. The van der Waals surface area contributed by atoms with Gasteiger partial charge in [-0.15, -0.1) is 20.4 Å². The fraction of sp³-hybridized carbons (Fsp3) is 0.246.